The molecule has 2 aromatic heterocycles. The first-order valence-electron chi connectivity index (χ1n) is 7.56. The molecule has 1 fully saturated rings. The highest BCUT2D eigenvalue weighted by atomic mass is 16.5. The van der Waals surface area contributed by atoms with E-state index in [-0.39, 0.29) is 11.9 Å². The molecule has 8 nitrogen and oxygen atoms in total. The standard InChI is InChI=1S/C15H20N6O2/c1-11(17-15(22)14-10-20(2)6-7-23-14)13-9-21(19-18-13)12-4-3-5-16-8-12/h3-5,8-9,11,14H,6-7,10H2,1-2H3,(H,17,22). The third-order valence-corrected chi connectivity index (χ3v) is 3.79. The van der Waals surface area contributed by atoms with Gasteiger partial charge in [-0.1, -0.05) is 5.21 Å². The van der Waals surface area contributed by atoms with E-state index < -0.39 is 6.10 Å². The predicted octanol–water partition coefficient (Wildman–Crippen LogP) is 0.170. The van der Waals surface area contributed by atoms with E-state index in [1.807, 2.05) is 26.1 Å². The summed E-state index contributed by atoms with van der Waals surface area (Å²) in [5.41, 5.74) is 1.51. The summed E-state index contributed by atoms with van der Waals surface area (Å²) >= 11 is 0. The van der Waals surface area contributed by atoms with Gasteiger partial charge in [-0.05, 0) is 26.1 Å². The van der Waals surface area contributed by atoms with Gasteiger partial charge in [0.05, 0.1) is 30.7 Å². The van der Waals surface area contributed by atoms with Gasteiger partial charge in [-0.15, -0.1) is 5.10 Å². The molecule has 1 aliphatic rings. The van der Waals surface area contributed by atoms with Crippen molar-refractivity contribution in [2.75, 3.05) is 26.7 Å². The van der Waals surface area contributed by atoms with E-state index >= 15 is 0 Å². The molecule has 1 aliphatic heterocycles. The molecule has 0 saturated carbocycles. The van der Waals surface area contributed by atoms with Crippen LogP contribution in [0.3, 0.4) is 0 Å². The number of nitrogens with one attached hydrogen (secondary N) is 1. The van der Waals surface area contributed by atoms with Crippen molar-refractivity contribution in [2.24, 2.45) is 0 Å². The van der Waals surface area contributed by atoms with Crippen LogP contribution in [-0.4, -0.2) is 63.6 Å². The molecule has 1 amide bonds. The Morgan fingerprint density at radius 3 is 3.13 bits per heavy atom. The van der Waals surface area contributed by atoms with Gasteiger partial charge in [-0.3, -0.25) is 9.78 Å². The highest BCUT2D eigenvalue weighted by Gasteiger charge is 2.26. The molecule has 8 heteroatoms. The summed E-state index contributed by atoms with van der Waals surface area (Å²) in [5, 5.41) is 11.1. The second-order valence-corrected chi connectivity index (χ2v) is 5.65. The van der Waals surface area contributed by atoms with Crippen molar-refractivity contribution < 1.29 is 9.53 Å². The number of amides is 1. The van der Waals surface area contributed by atoms with Crippen LogP contribution in [0, 0.1) is 0 Å². The summed E-state index contributed by atoms with van der Waals surface area (Å²) in [6.45, 7) is 3.89. The average Bonchev–Trinajstić information content (AvgIpc) is 3.06. The number of hydrogen-bond acceptors (Lipinski definition) is 6. The van der Waals surface area contributed by atoms with E-state index in [2.05, 4.69) is 25.5 Å². The van der Waals surface area contributed by atoms with Crippen molar-refractivity contribution in [3.05, 3.63) is 36.4 Å². The fourth-order valence-electron chi connectivity index (χ4n) is 2.41. The molecule has 1 N–H and O–H groups in total. The number of hydrogen-bond donors (Lipinski definition) is 1. The topological polar surface area (TPSA) is 85.2 Å². The van der Waals surface area contributed by atoms with E-state index in [4.69, 9.17) is 4.74 Å². The zero-order valence-corrected chi connectivity index (χ0v) is 13.2. The normalized spacial score (nSPS) is 20.2. The van der Waals surface area contributed by atoms with Gasteiger partial charge in [0.15, 0.2) is 0 Å². The average molecular weight is 316 g/mol. The number of morpholine rings is 1. The monoisotopic (exact) mass is 316 g/mol. The van der Waals surface area contributed by atoms with Gasteiger partial charge < -0.3 is 15.0 Å². The van der Waals surface area contributed by atoms with E-state index in [1.54, 1.807) is 23.3 Å². The second kappa shape index (κ2) is 6.84. The molecule has 2 atom stereocenters. The molecular formula is C15H20N6O2. The van der Waals surface area contributed by atoms with Crippen LogP contribution >= 0.6 is 0 Å². The van der Waals surface area contributed by atoms with E-state index in [1.165, 1.54) is 0 Å². The molecule has 0 spiro atoms. The predicted molar refractivity (Wildman–Crippen MR) is 82.9 cm³/mol. The number of aromatic nitrogens is 4. The highest BCUT2D eigenvalue weighted by Crippen LogP contribution is 2.12. The number of likely N-dealkylation sites (N-methyl/N-ethyl adjacent to an activating group) is 1. The molecule has 0 bridgehead atoms. The number of ether oxygens (including phenoxy) is 1. The third kappa shape index (κ3) is 3.72. The van der Waals surface area contributed by atoms with Crippen molar-refractivity contribution in [2.45, 2.75) is 19.1 Å². The van der Waals surface area contributed by atoms with Gasteiger partial charge in [0, 0.05) is 19.3 Å². The van der Waals surface area contributed by atoms with Crippen LogP contribution in [0.1, 0.15) is 18.7 Å². The van der Waals surface area contributed by atoms with Gasteiger partial charge in [0.2, 0.25) is 0 Å². The van der Waals surface area contributed by atoms with Crippen molar-refractivity contribution >= 4 is 5.91 Å². The highest BCUT2D eigenvalue weighted by molar-refractivity contribution is 5.81. The summed E-state index contributed by atoms with van der Waals surface area (Å²) in [6, 6.07) is 3.47. The largest absolute Gasteiger partial charge is 0.366 e. The van der Waals surface area contributed by atoms with E-state index in [0.29, 0.717) is 18.8 Å². The summed E-state index contributed by atoms with van der Waals surface area (Å²) in [5.74, 6) is -0.125. The maximum Gasteiger partial charge on any atom is 0.250 e. The Morgan fingerprint density at radius 1 is 1.52 bits per heavy atom. The SMILES string of the molecule is CC(NC(=O)C1CN(C)CCO1)c1cn(-c2cccnc2)nn1. The van der Waals surface area contributed by atoms with Gasteiger partial charge in [-0.25, -0.2) is 4.68 Å². The lowest BCUT2D eigenvalue weighted by molar-refractivity contribution is -0.138. The number of carbonyl (C=O) groups excluding carboxylic acids is 1. The van der Waals surface area contributed by atoms with Crippen LogP contribution in [0.15, 0.2) is 30.7 Å². The van der Waals surface area contributed by atoms with Crippen molar-refractivity contribution in [1.29, 1.82) is 0 Å². The first kappa shape index (κ1) is 15.6. The van der Waals surface area contributed by atoms with Gasteiger partial charge in [-0.2, -0.15) is 0 Å². The minimum atomic E-state index is -0.440. The zero-order valence-electron chi connectivity index (χ0n) is 13.2. The van der Waals surface area contributed by atoms with Crippen LogP contribution in [0.4, 0.5) is 0 Å². The first-order chi connectivity index (χ1) is 11.1. The molecule has 3 rings (SSSR count). The lowest BCUT2D eigenvalue weighted by Gasteiger charge is -2.29. The molecule has 0 radical (unpaired) electrons. The number of nitrogens with zero attached hydrogens (tertiary/aromatic N) is 5. The van der Waals surface area contributed by atoms with E-state index in [9.17, 15) is 4.79 Å². The van der Waals surface area contributed by atoms with Gasteiger partial charge in [0.25, 0.3) is 5.91 Å². The lowest BCUT2D eigenvalue weighted by Crippen LogP contribution is -2.48. The summed E-state index contributed by atoms with van der Waals surface area (Å²) < 4.78 is 7.15. The fourth-order valence-corrected chi connectivity index (χ4v) is 2.41. The van der Waals surface area contributed by atoms with Crippen LogP contribution < -0.4 is 5.32 Å². The Bertz CT molecular complexity index is 659. The van der Waals surface area contributed by atoms with Crippen LogP contribution in [0.5, 0.6) is 0 Å². The molecule has 2 aromatic rings. The van der Waals surface area contributed by atoms with Crippen LogP contribution in [0.25, 0.3) is 5.69 Å². The Kier molecular flexibility index (Phi) is 4.63. The second-order valence-electron chi connectivity index (χ2n) is 5.65. The number of carbonyl (C=O) groups is 1. The van der Waals surface area contributed by atoms with Crippen molar-refractivity contribution in [3.8, 4) is 5.69 Å². The Balaban J connectivity index is 1.63. The van der Waals surface area contributed by atoms with E-state index in [0.717, 1.165) is 12.2 Å². The fraction of sp³-hybridized carbons (Fsp3) is 0.467. The minimum absolute atomic E-state index is 0.125. The minimum Gasteiger partial charge on any atom is -0.366 e. The zero-order chi connectivity index (χ0) is 16.2. The van der Waals surface area contributed by atoms with Gasteiger partial charge in [0.1, 0.15) is 11.8 Å². The lowest BCUT2D eigenvalue weighted by atomic mass is 10.2. The molecule has 0 aliphatic carbocycles. The molecule has 122 valence electrons. The molecule has 1 saturated heterocycles. The summed E-state index contributed by atoms with van der Waals surface area (Å²) in [7, 11) is 1.98. The van der Waals surface area contributed by atoms with Crippen molar-refractivity contribution in [3.63, 3.8) is 0 Å². The Morgan fingerprint density at radius 2 is 2.39 bits per heavy atom. The number of rotatable bonds is 4. The maximum atomic E-state index is 12.3. The van der Waals surface area contributed by atoms with Crippen LogP contribution in [-0.2, 0) is 9.53 Å². The van der Waals surface area contributed by atoms with Crippen molar-refractivity contribution in [1.82, 2.24) is 30.2 Å². The Hall–Kier alpha value is -2.32. The molecule has 2 unspecified atom stereocenters. The Labute approximate surface area is 134 Å². The molecule has 0 aromatic carbocycles. The first-order valence-corrected chi connectivity index (χ1v) is 7.56. The maximum absolute atomic E-state index is 12.3. The third-order valence-electron chi connectivity index (χ3n) is 3.79. The molecular weight excluding hydrogens is 296 g/mol. The van der Waals surface area contributed by atoms with Crippen LogP contribution in [0.2, 0.25) is 0 Å². The molecule has 23 heavy (non-hydrogen) atoms. The summed E-state index contributed by atoms with van der Waals surface area (Å²) in [4.78, 5) is 18.4. The molecule has 3 heterocycles. The quantitative estimate of drug-likeness (QED) is 0.865. The summed E-state index contributed by atoms with van der Waals surface area (Å²) in [6.07, 6.45) is 4.75. The number of pyridine rings is 1. The smallest absolute Gasteiger partial charge is 0.250 e. The van der Waals surface area contributed by atoms with Gasteiger partial charge >= 0.3 is 0 Å².